The molecule has 0 saturated heterocycles. The molecule has 8 aromatic rings. The van der Waals surface area contributed by atoms with Gasteiger partial charge in [-0.2, -0.15) is 24.3 Å². The SMILES string of the molecule is [Ir+3].[c-]1ccccc1-c1ccccn1.[c-]1ccccc1-c1nc([C@]2(c3ccccn3)c3[c-]cccc3-c3ccccc32)cc2ccccc12. The van der Waals surface area contributed by atoms with Crippen molar-refractivity contribution in [2.45, 2.75) is 5.41 Å². The van der Waals surface area contributed by atoms with Gasteiger partial charge in [0.05, 0.1) is 11.1 Å². The van der Waals surface area contributed by atoms with Crippen LogP contribution < -0.4 is 0 Å². The minimum atomic E-state index is -0.679. The summed E-state index contributed by atoms with van der Waals surface area (Å²) in [6.45, 7) is 0. The maximum absolute atomic E-state index is 5.41. The number of nitrogens with zero attached hydrogens (tertiary/aromatic N) is 3. The van der Waals surface area contributed by atoms with Gasteiger partial charge in [-0.05, 0) is 52.0 Å². The Kier molecular flexibility index (Phi) is 8.85. The number of hydrogen-bond acceptors (Lipinski definition) is 3. The van der Waals surface area contributed by atoms with E-state index < -0.39 is 5.41 Å². The van der Waals surface area contributed by atoms with Crippen molar-refractivity contribution in [2.75, 3.05) is 0 Å². The predicted molar refractivity (Wildman–Crippen MR) is 188 cm³/mol. The molecule has 0 N–H and O–H groups in total. The van der Waals surface area contributed by atoms with Crippen LogP contribution >= 0.6 is 0 Å². The molecule has 48 heavy (non-hydrogen) atoms. The van der Waals surface area contributed by atoms with Crippen LogP contribution in [0.4, 0.5) is 0 Å². The molecule has 3 aromatic heterocycles. The van der Waals surface area contributed by atoms with E-state index in [-0.39, 0.29) is 20.1 Å². The van der Waals surface area contributed by atoms with Crippen molar-refractivity contribution in [3.05, 3.63) is 211 Å². The largest absolute Gasteiger partial charge is 3.00 e. The molecule has 3 nitrogen and oxygen atoms in total. The van der Waals surface area contributed by atoms with Crippen LogP contribution in [-0.4, -0.2) is 15.0 Å². The first-order valence-corrected chi connectivity index (χ1v) is 15.6. The second-order valence-corrected chi connectivity index (χ2v) is 11.3. The smallest absolute Gasteiger partial charge is 0.305 e. The fourth-order valence-corrected chi connectivity index (χ4v) is 6.61. The number of rotatable bonds is 4. The first kappa shape index (κ1) is 31.1. The third-order valence-electron chi connectivity index (χ3n) is 8.64. The molecule has 0 amide bonds. The first-order chi connectivity index (χ1) is 23.3. The molecule has 4 heteroatoms. The van der Waals surface area contributed by atoms with Gasteiger partial charge in [0.1, 0.15) is 0 Å². The van der Waals surface area contributed by atoms with E-state index in [9.17, 15) is 0 Å². The Bertz CT molecular complexity index is 2210. The molecule has 9 rings (SSSR count). The molecule has 0 spiro atoms. The maximum Gasteiger partial charge on any atom is 3.00 e. The topological polar surface area (TPSA) is 38.7 Å². The van der Waals surface area contributed by atoms with Gasteiger partial charge in [-0.25, -0.2) is 0 Å². The van der Waals surface area contributed by atoms with Gasteiger partial charge in [-0.1, -0.05) is 72.3 Å². The Hall–Kier alpha value is -5.54. The summed E-state index contributed by atoms with van der Waals surface area (Å²) < 4.78 is 0. The Morgan fingerprint density at radius 3 is 1.92 bits per heavy atom. The van der Waals surface area contributed by atoms with Crippen molar-refractivity contribution < 1.29 is 20.1 Å². The van der Waals surface area contributed by atoms with Gasteiger partial charge in [0.15, 0.2) is 0 Å². The summed E-state index contributed by atoms with van der Waals surface area (Å²) >= 11 is 0. The zero-order chi connectivity index (χ0) is 31.5. The fraction of sp³-hybridized carbons (Fsp3) is 0.0227. The van der Waals surface area contributed by atoms with E-state index in [1.807, 2.05) is 79.0 Å². The molecule has 228 valence electrons. The Balaban J connectivity index is 0.000000237. The van der Waals surface area contributed by atoms with Crippen LogP contribution in [0.2, 0.25) is 0 Å². The summed E-state index contributed by atoms with van der Waals surface area (Å²) in [7, 11) is 0. The van der Waals surface area contributed by atoms with Crippen molar-refractivity contribution in [1.29, 1.82) is 0 Å². The van der Waals surface area contributed by atoms with Crippen molar-refractivity contribution in [3.8, 4) is 33.6 Å². The van der Waals surface area contributed by atoms with Crippen LogP contribution in [-0.2, 0) is 25.5 Å². The molecular weight excluding hydrogens is 763 g/mol. The van der Waals surface area contributed by atoms with Crippen molar-refractivity contribution >= 4 is 10.8 Å². The summed E-state index contributed by atoms with van der Waals surface area (Å²) in [5.41, 5.74) is 9.77. The summed E-state index contributed by atoms with van der Waals surface area (Å²) in [6, 6.07) is 63.5. The number of pyridine rings is 3. The molecular formula is C44H28IrN3. The second kappa shape index (κ2) is 13.7. The van der Waals surface area contributed by atoms with Gasteiger partial charge >= 0.3 is 20.1 Å². The van der Waals surface area contributed by atoms with Crippen molar-refractivity contribution in [2.24, 2.45) is 0 Å². The summed E-state index contributed by atoms with van der Waals surface area (Å²) in [5, 5.41) is 2.25. The van der Waals surface area contributed by atoms with Crippen LogP contribution in [0, 0.1) is 18.2 Å². The fourth-order valence-electron chi connectivity index (χ4n) is 6.61. The van der Waals surface area contributed by atoms with Crippen LogP contribution in [0.25, 0.3) is 44.4 Å². The van der Waals surface area contributed by atoms with Crippen LogP contribution in [0.1, 0.15) is 22.5 Å². The van der Waals surface area contributed by atoms with Gasteiger partial charge in [0, 0.05) is 18.1 Å². The maximum atomic E-state index is 5.41. The standard InChI is InChI=1S/C33H20N2.C11H8N.Ir/c1-2-12-23(13-3-1)32-25-15-5-4-14-24(25)22-31(35-32)33(30-20-10-11-21-34-30)28-18-8-6-16-26(28)27-17-7-9-19-29(27)33;1-2-6-10(7-3-1)11-8-4-5-9-12-11;/h1-12,14-18,20-22H;1-6,8-9H;/q-2;-1;+3/t33-;;/m0../s1. The summed E-state index contributed by atoms with van der Waals surface area (Å²) in [4.78, 5) is 14.5. The molecule has 1 aliphatic carbocycles. The van der Waals surface area contributed by atoms with E-state index in [0.717, 1.165) is 50.2 Å². The minimum Gasteiger partial charge on any atom is -0.305 e. The van der Waals surface area contributed by atoms with Gasteiger partial charge in [-0.3, -0.25) is 9.97 Å². The molecule has 0 radical (unpaired) electrons. The molecule has 0 fully saturated rings. The molecule has 5 aromatic carbocycles. The monoisotopic (exact) mass is 791 g/mol. The predicted octanol–water partition coefficient (Wildman–Crippen LogP) is 9.81. The molecule has 0 aliphatic heterocycles. The Labute approximate surface area is 294 Å². The average Bonchev–Trinajstić information content (AvgIpc) is 3.47. The average molecular weight is 791 g/mol. The van der Waals surface area contributed by atoms with Crippen LogP contribution in [0.5, 0.6) is 0 Å². The molecule has 0 saturated carbocycles. The number of fused-ring (bicyclic) bond motifs is 4. The first-order valence-electron chi connectivity index (χ1n) is 15.6. The summed E-state index contributed by atoms with van der Waals surface area (Å²) in [5.74, 6) is 0. The number of aromatic nitrogens is 3. The van der Waals surface area contributed by atoms with E-state index >= 15 is 0 Å². The van der Waals surface area contributed by atoms with E-state index in [2.05, 4.69) is 108 Å². The second-order valence-electron chi connectivity index (χ2n) is 11.3. The molecule has 1 atom stereocenters. The molecule has 1 aliphatic rings. The quantitative estimate of drug-likeness (QED) is 0.167. The summed E-state index contributed by atoms with van der Waals surface area (Å²) in [6.07, 6.45) is 3.66. The third kappa shape index (κ3) is 5.46. The molecule has 0 bridgehead atoms. The van der Waals surface area contributed by atoms with Crippen LogP contribution in [0.15, 0.2) is 170 Å². The minimum absolute atomic E-state index is 0. The molecule has 3 heterocycles. The van der Waals surface area contributed by atoms with Crippen molar-refractivity contribution in [1.82, 2.24) is 15.0 Å². The Morgan fingerprint density at radius 1 is 0.500 bits per heavy atom. The number of hydrogen-bond donors (Lipinski definition) is 0. The Morgan fingerprint density at radius 2 is 1.17 bits per heavy atom. The van der Waals surface area contributed by atoms with Crippen LogP contribution in [0.3, 0.4) is 0 Å². The van der Waals surface area contributed by atoms with Gasteiger partial charge in [-0.15, -0.1) is 82.9 Å². The normalized spacial score (nSPS) is 14.2. The van der Waals surface area contributed by atoms with E-state index in [1.54, 1.807) is 6.20 Å². The van der Waals surface area contributed by atoms with E-state index in [1.165, 1.54) is 16.7 Å². The van der Waals surface area contributed by atoms with E-state index in [4.69, 9.17) is 9.97 Å². The van der Waals surface area contributed by atoms with Gasteiger partial charge < -0.3 is 4.98 Å². The zero-order valence-electron chi connectivity index (χ0n) is 25.8. The number of benzene rings is 5. The molecule has 0 unspecified atom stereocenters. The van der Waals surface area contributed by atoms with Gasteiger partial charge in [0.2, 0.25) is 0 Å². The van der Waals surface area contributed by atoms with Crippen molar-refractivity contribution in [3.63, 3.8) is 0 Å². The van der Waals surface area contributed by atoms with Gasteiger partial charge in [0.25, 0.3) is 0 Å². The third-order valence-corrected chi connectivity index (χ3v) is 8.64. The zero-order valence-corrected chi connectivity index (χ0v) is 28.2. The van der Waals surface area contributed by atoms with E-state index in [0.29, 0.717) is 0 Å².